The van der Waals surface area contributed by atoms with Gasteiger partial charge in [-0.05, 0) is 316 Å². The summed E-state index contributed by atoms with van der Waals surface area (Å²) in [4.78, 5) is 67.6. The van der Waals surface area contributed by atoms with Crippen molar-refractivity contribution in [1.29, 1.82) is 0 Å². The van der Waals surface area contributed by atoms with E-state index in [2.05, 4.69) is 173 Å². The standard InChI is InChI=1S/C20H22ClNO.C19H24ClNO.C19H20ClNO.C13H17NO.C12H14ClNO.C7H7ClO.C7H10O.C6H6ClNO.C4H6O4.C3H4Cl2O2.C2H3BO2.HI.K.Na/c1-16-13-19(21)7-8-20(16)23-15-18-9-11-22(12-10-18)14-17-5-3-2-4-6-17;20-15-3-4-18-16(11-15)19(12-22-18)5-7-21(8-6-19)17-10-13-1-2-14(17)9-13;20-16-6-7-18-17(12-16)19(14-22-18)8-10-21(11-9-19)13-15-4-2-1-3-5-15;15-11-13-6-8-14(9-7-13)10-12-4-2-1-3-5-12;13-9-1-2-11-10(7-9)12(8-15-11)3-5-14-6-4-12;1-5-4-6(8)2-3-7(5)9;8-7-4-5-1-2-6(7)3-5;7-4-1-2-6(9)5(8)3-4;1-3(5)7-8-4(2)6;1-2(4)7-3(5)6;1-2(4)5-3;;;/h2-9,13H,10-12,14-15H2,1H3;3-4,11,13-14,17H,1-2,5-10,12H2;1-7,12H,8-11,13-14H2;1-6,15H,7-11H2;1-2,7,14H,3-6,8H2;2-4,9H,1H3;5-6H,1-4H2;1-3,9H,8H2;1-2H3;2H,1H3;1H3;1H;;/q;;;;;;;;;;-1;;2*+1/p-1/t;13-,14+,17-;;;;;5-,6+;;;;;;;/m.1....1......./s1. The van der Waals surface area contributed by atoms with Crippen LogP contribution in [-0.4, -0.2) is 182 Å². The topological polar surface area (TPSA) is 271 Å². The number of likely N-dealkylation sites (tertiary alicyclic amines) is 2. The number of Topliss-reactive ketones (excluding diaryl/α,β-unsaturated/α-hetero) is 1. The van der Waals surface area contributed by atoms with Crippen LogP contribution in [0.4, 0.5) is 10.5 Å². The van der Waals surface area contributed by atoms with Crippen LogP contribution in [-0.2, 0) is 74.2 Å². The Labute approximate surface area is 984 Å². The molecule has 9 aromatic carbocycles. The monoisotopic (exact) mass is 2300 g/mol. The van der Waals surface area contributed by atoms with Gasteiger partial charge in [-0.25, -0.2) is 24.2 Å². The van der Waals surface area contributed by atoms with Crippen molar-refractivity contribution in [3.8, 4) is 34.5 Å². The molecule has 7 fully saturated rings. The van der Waals surface area contributed by atoms with Crippen LogP contribution in [0.2, 0.25) is 30.1 Å². The Kier molecular flexibility index (Phi) is 54.7. The molecule has 0 aromatic heterocycles. The fourth-order valence-electron chi connectivity index (χ4n) is 20.2. The van der Waals surface area contributed by atoms with Crippen molar-refractivity contribution in [2.45, 2.75) is 192 Å². The summed E-state index contributed by atoms with van der Waals surface area (Å²) in [5, 5.41) is 34.6. The number of carbonyl (C=O) groups excluding carboxylic acids is 5. The smallest absolute Gasteiger partial charge is 1.00 e. The van der Waals surface area contributed by atoms with E-state index in [1.807, 2.05) is 61.5 Å². The molecule has 8 aliphatic heterocycles. The number of benzene rings is 9. The second kappa shape index (κ2) is 63.7. The molecule has 3 radical (unpaired) electrons. The molecule has 4 saturated carbocycles. The third kappa shape index (κ3) is 40.2. The van der Waals surface area contributed by atoms with Crippen LogP contribution in [0.15, 0.2) is 223 Å². The van der Waals surface area contributed by atoms with Gasteiger partial charge in [-0.15, -0.1) is 0 Å². The quantitative estimate of drug-likeness (QED) is 0.00875. The molecular formula is C112H133BCl8IKN6NaO16. The maximum Gasteiger partial charge on any atom is 1.00 e. The first-order chi connectivity index (χ1) is 68.6. The zero-order valence-corrected chi connectivity index (χ0v) is 98.0. The number of aliphatic hydroxyl groups is 1. The van der Waals surface area contributed by atoms with E-state index in [0.717, 1.165) is 229 Å². The van der Waals surface area contributed by atoms with Gasteiger partial charge in [0.2, 0.25) is 5.97 Å². The van der Waals surface area contributed by atoms with E-state index in [-0.39, 0.29) is 134 Å². The van der Waals surface area contributed by atoms with Crippen molar-refractivity contribution in [3.63, 3.8) is 0 Å². The summed E-state index contributed by atoms with van der Waals surface area (Å²) in [6.07, 6.45) is 24.2. The number of nitrogens with one attached hydrogen (secondary N) is 1. The zero-order chi connectivity index (χ0) is 103. The number of fused-ring (bicyclic) bond motifs is 10. The summed E-state index contributed by atoms with van der Waals surface area (Å²) in [7, 11) is 4.32. The molecule has 8 heterocycles. The molecule has 775 valence electrons. The molecular weight excluding hydrogens is 2170 g/mol. The van der Waals surface area contributed by atoms with E-state index >= 15 is 0 Å². The van der Waals surface area contributed by atoms with Gasteiger partial charge < -0.3 is 91.6 Å². The largest absolute Gasteiger partial charge is 1.00 e. The van der Waals surface area contributed by atoms with Crippen molar-refractivity contribution in [2.24, 2.45) is 23.7 Å². The van der Waals surface area contributed by atoms with Gasteiger partial charge in [0.25, 0.3) is 0 Å². The average Bonchev–Trinajstić information content (AvgIpc) is 1.63. The van der Waals surface area contributed by atoms with Crippen LogP contribution in [0.3, 0.4) is 0 Å². The van der Waals surface area contributed by atoms with Crippen molar-refractivity contribution < 1.29 is 182 Å². The Morgan fingerprint density at radius 2 is 0.932 bits per heavy atom. The van der Waals surface area contributed by atoms with Crippen molar-refractivity contribution in [1.82, 2.24) is 24.9 Å². The number of carbonyl (C=O) groups is 5. The minimum atomic E-state index is -0.873. The van der Waals surface area contributed by atoms with E-state index in [1.165, 1.54) is 141 Å². The van der Waals surface area contributed by atoms with Crippen molar-refractivity contribution >= 4 is 136 Å². The minimum absolute atomic E-state index is 0. The average molecular weight is 2300 g/mol. The molecule has 0 amide bonds. The van der Waals surface area contributed by atoms with Gasteiger partial charge >= 0.3 is 98.3 Å². The van der Waals surface area contributed by atoms with Crippen LogP contribution >= 0.6 is 92.8 Å². The van der Waals surface area contributed by atoms with Gasteiger partial charge in [-0.1, -0.05) is 191 Å². The molecule has 3 saturated heterocycles. The Balaban J connectivity index is 0.000000202. The van der Waals surface area contributed by atoms with Gasteiger partial charge in [0.15, 0.2) is 5.56 Å². The maximum atomic E-state index is 10.8. The molecule has 4 bridgehead atoms. The number of aliphatic hydroxyl groups excluding tert-OH is 1. The van der Waals surface area contributed by atoms with Crippen molar-refractivity contribution in [3.05, 3.63) is 298 Å². The number of anilines is 1. The number of nitrogen functional groups attached to an aromatic ring is 1. The van der Waals surface area contributed by atoms with E-state index in [9.17, 15) is 24.0 Å². The molecule has 3 spiro atoms. The summed E-state index contributed by atoms with van der Waals surface area (Å²) in [5.74, 6) is 6.54. The minimum Gasteiger partial charge on any atom is -1.00 e. The first kappa shape index (κ1) is 125. The normalized spacial score (nSPS) is 19.8. The van der Waals surface area contributed by atoms with Crippen LogP contribution in [0.1, 0.15) is 175 Å². The number of nitrogens with zero attached hydrogens (tertiary/aromatic N) is 4. The van der Waals surface area contributed by atoms with Crippen LogP contribution in [0.25, 0.3) is 0 Å². The number of rotatable bonds is 12. The molecule has 4 aliphatic carbocycles. The van der Waals surface area contributed by atoms with Gasteiger partial charge in [-0.2, -0.15) is 0 Å². The van der Waals surface area contributed by atoms with Crippen LogP contribution in [0.5, 0.6) is 34.5 Å². The summed E-state index contributed by atoms with van der Waals surface area (Å²) in [6, 6.07) is 66.2. The molecule has 146 heavy (non-hydrogen) atoms. The summed E-state index contributed by atoms with van der Waals surface area (Å²) in [6.45, 7) is 26.3. The number of alkyl halides is 1. The SMILES string of the molecule is CC(=O)OOC(C)=O.CC(Cl)OC(=O)Cl.Cc1cc(Cl)ccc1O.Cc1cc(Cl)ccc1OCC1=CCN(Cc2ccccc2)CC1.Clc1ccc2c(c1)C1(CCN(Cc3ccccc3)CC1)CO2.Clc1ccc2c(c1)C1(CCN([C@@H]3C[C@@H]4CC[C@H]3C4)CC1)CO2.Clc1ccc2c(c1)C1(CCNCC1)CO2.Nc1cc(Cl)ccc1O.O=C1C[C@@H]2CC[C@H]1C2.OCC1=CCN(Cc2ccccc2)CC1.[B-]OC(C)=O.[I-].[K+].[Na+]. The molecule has 22 nitrogen and oxygen atoms in total. The number of hydrogen-bond donors (Lipinski definition) is 5. The number of ketones is 1. The van der Waals surface area contributed by atoms with E-state index in [0.29, 0.717) is 39.8 Å². The number of phenolic OH excluding ortho intramolecular Hbond substituents is 2. The second-order valence-corrected chi connectivity index (χ2v) is 41.8. The molecule has 12 aliphatic rings. The number of piperidine rings is 3. The number of halogens is 9. The predicted molar refractivity (Wildman–Crippen MR) is 571 cm³/mol. The molecule has 1 unspecified atom stereocenters. The van der Waals surface area contributed by atoms with Crippen LogP contribution < -0.4 is 135 Å². The number of aryl methyl sites for hydroxylation is 2. The number of nitrogens with two attached hydrogens (primary N) is 1. The zero-order valence-electron chi connectivity index (χ0n) is 84.7. The van der Waals surface area contributed by atoms with Gasteiger partial charge in [0.1, 0.15) is 46.9 Å². The first-order valence-electron chi connectivity index (χ1n) is 49.0. The predicted octanol–water partition coefficient (Wildman–Crippen LogP) is 15.5. The second-order valence-electron chi connectivity index (χ2n) is 38.3. The maximum absolute atomic E-state index is 10.8. The molecule has 34 heteroatoms. The fraction of sp³-hybridized carbons (Fsp3) is 0.438. The Morgan fingerprint density at radius 3 is 1.28 bits per heavy atom. The Morgan fingerprint density at radius 1 is 0.514 bits per heavy atom. The van der Waals surface area contributed by atoms with E-state index in [1.54, 1.807) is 31.2 Å². The molecule has 6 atom stereocenters. The van der Waals surface area contributed by atoms with E-state index < -0.39 is 28.9 Å². The van der Waals surface area contributed by atoms with Gasteiger partial charge in [-0.3, -0.25) is 24.3 Å². The third-order valence-electron chi connectivity index (χ3n) is 28.0. The Hall–Kier alpha value is -5.88. The number of phenols is 2. The summed E-state index contributed by atoms with van der Waals surface area (Å²) >= 11 is 45.5. The number of ether oxygens (including phenoxy) is 5. The van der Waals surface area contributed by atoms with Crippen molar-refractivity contribution in [2.75, 3.05) is 104 Å². The third-order valence-corrected chi connectivity index (χ3v) is 29.5. The first-order valence-corrected chi connectivity index (χ1v) is 52.1. The number of hydrogen-bond acceptors (Lipinski definition) is 22. The fourth-order valence-corrected chi connectivity index (χ4v) is 21.6. The molecule has 21 rings (SSSR count). The summed E-state index contributed by atoms with van der Waals surface area (Å²) < 4.78 is 31.4. The molecule has 6 N–H and O–H groups in total. The molecule has 9 aromatic rings. The summed E-state index contributed by atoms with van der Waals surface area (Å²) in [5.41, 5.74) is 17.3. The Bertz CT molecular complexity index is 5610. The van der Waals surface area contributed by atoms with E-state index in [4.69, 9.17) is 133 Å². The van der Waals surface area contributed by atoms with Crippen LogP contribution in [0, 0.1) is 37.5 Å². The van der Waals surface area contributed by atoms with Gasteiger partial charge in [0, 0.05) is 160 Å². The van der Waals surface area contributed by atoms with Gasteiger partial charge in [0.05, 0.1) is 32.1 Å². The number of aromatic hydroxyl groups is 2.